The number of halogens is 1. The fourth-order valence-electron chi connectivity index (χ4n) is 2.26. The van der Waals surface area contributed by atoms with Gasteiger partial charge in [0.1, 0.15) is 5.78 Å². The van der Waals surface area contributed by atoms with E-state index in [0.717, 1.165) is 19.3 Å². The molecule has 2 unspecified atom stereocenters. The van der Waals surface area contributed by atoms with E-state index < -0.39 is 0 Å². The average Bonchev–Trinajstić information content (AvgIpc) is 2.92. The average molecular weight is 324 g/mol. The van der Waals surface area contributed by atoms with Crippen LogP contribution in [0.5, 0.6) is 0 Å². The smallest absolute Gasteiger partial charge is 0.310 e. The van der Waals surface area contributed by atoms with Crippen LogP contribution in [0, 0.1) is 0 Å². The lowest BCUT2D eigenvalue weighted by molar-refractivity contribution is -0.181. The van der Waals surface area contributed by atoms with E-state index in [9.17, 15) is 4.79 Å². The molecule has 3 rings (SSSR count). The Labute approximate surface area is 123 Å². The predicted octanol–water partition coefficient (Wildman–Crippen LogP) is 3.20. The molecule has 0 aromatic heterocycles. The van der Waals surface area contributed by atoms with E-state index in [1.165, 1.54) is 12.0 Å². The Morgan fingerprint density at radius 1 is 1.21 bits per heavy atom. The van der Waals surface area contributed by atoms with Crippen LogP contribution in [0.1, 0.15) is 37.2 Å². The Bertz CT molecular complexity index is 393. The fraction of sp³-hybridized carbons (Fsp3) is 0.500. The van der Waals surface area contributed by atoms with Gasteiger partial charge in [0.25, 0.3) is 0 Å². The zero-order valence-electron chi connectivity index (χ0n) is 10.8. The molecule has 101 valence electrons. The highest BCUT2D eigenvalue weighted by Gasteiger charge is 2.23. The zero-order chi connectivity index (χ0) is 13.5. The van der Waals surface area contributed by atoms with E-state index in [1.54, 1.807) is 7.48 Å². The van der Waals surface area contributed by atoms with Gasteiger partial charge in [-0.3, -0.25) is 9.68 Å². The van der Waals surface area contributed by atoms with E-state index in [2.05, 4.69) is 37.8 Å². The largest absolute Gasteiger partial charge is 0.361 e. The number of hydrogen-bond acceptors (Lipinski definition) is 3. The molecule has 1 saturated carbocycles. The summed E-state index contributed by atoms with van der Waals surface area (Å²) in [6.45, 7) is 0.625. The summed E-state index contributed by atoms with van der Waals surface area (Å²) in [6.07, 6.45) is 4.11. The van der Waals surface area contributed by atoms with Crippen LogP contribution in [0.4, 0.5) is 0 Å². The molecule has 3 nitrogen and oxygen atoms in total. The molecule has 5 heteroatoms. The molecule has 1 aliphatic heterocycles. The molecule has 2 aliphatic rings. The zero-order valence-corrected chi connectivity index (χ0v) is 12.3. The first-order valence-electron chi connectivity index (χ1n) is 6.60. The monoisotopic (exact) mass is 323 g/mol. The quantitative estimate of drug-likeness (QED) is 0.452. The Hall–Kier alpha value is -0.645. The Kier molecular flexibility index (Phi) is 6.08. The maximum Gasteiger partial charge on any atom is 0.361 e. The van der Waals surface area contributed by atoms with Crippen molar-refractivity contribution >= 4 is 29.2 Å². The number of Topliss-reactive ketones (excluding diaryl/α,β-unsaturated/α-hetero) is 1. The predicted molar refractivity (Wildman–Crippen MR) is 78.2 cm³/mol. The van der Waals surface area contributed by atoms with Crippen molar-refractivity contribution in [2.24, 2.45) is 0 Å². The minimum atomic E-state index is 0.190. The van der Waals surface area contributed by atoms with Crippen molar-refractivity contribution in [2.75, 3.05) is 6.61 Å². The van der Waals surface area contributed by atoms with Gasteiger partial charge in [-0.15, -0.1) is 0 Å². The van der Waals surface area contributed by atoms with Crippen LogP contribution in [0.15, 0.2) is 30.3 Å². The Morgan fingerprint density at radius 3 is 2.53 bits per heavy atom. The molecule has 1 aromatic carbocycles. The third-order valence-electron chi connectivity index (χ3n) is 3.26. The maximum atomic E-state index is 11.6. The number of carbonyl (C=O) groups is 1. The van der Waals surface area contributed by atoms with Crippen molar-refractivity contribution < 1.29 is 14.5 Å². The van der Waals surface area contributed by atoms with Gasteiger partial charge in [0, 0.05) is 17.1 Å². The number of hydrogen-bond donors (Lipinski definition) is 0. The molecule has 0 bridgehead atoms. The first-order valence-corrected chi connectivity index (χ1v) is 7.52. The Balaban J connectivity index is 0.000000186. The topological polar surface area (TPSA) is 35.5 Å². The highest BCUT2D eigenvalue weighted by atomic mass is 79.9. The molecule has 1 heterocycles. The third kappa shape index (κ3) is 4.75. The van der Waals surface area contributed by atoms with Crippen molar-refractivity contribution in [3.63, 3.8) is 0 Å². The number of alkyl halides is 1. The van der Waals surface area contributed by atoms with Crippen LogP contribution < -0.4 is 0 Å². The first kappa shape index (κ1) is 14.8. The van der Waals surface area contributed by atoms with Gasteiger partial charge in [-0.25, -0.2) is 0 Å². The van der Waals surface area contributed by atoms with Gasteiger partial charge < -0.3 is 4.81 Å². The molecule has 1 aliphatic carbocycles. The summed E-state index contributed by atoms with van der Waals surface area (Å²) in [5.41, 5.74) is 1.20. The van der Waals surface area contributed by atoms with Gasteiger partial charge in [0.05, 0.1) is 6.61 Å². The van der Waals surface area contributed by atoms with Gasteiger partial charge in [0.15, 0.2) is 0 Å². The van der Waals surface area contributed by atoms with Crippen LogP contribution in [0.2, 0.25) is 0 Å². The van der Waals surface area contributed by atoms with Gasteiger partial charge in [-0.2, -0.15) is 0 Å². The fourth-order valence-corrected chi connectivity index (χ4v) is 2.46. The van der Waals surface area contributed by atoms with Gasteiger partial charge >= 0.3 is 7.48 Å². The van der Waals surface area contributed by atoms with Crippen LogP contribution in [-0.2, 0) is 14.5 Å². The second-order valence-electron chi connectivity index (χ2n) is 4.71. The highest BCUT2D eigenvalue weighted by Crippen LogP contribution is 2.29. The van der Waals surface area contributed by atoms with Crippen LogP contribution in [0.3, 0.4) is 0 Å². The number of ketones is 1. The van der Waals surface area contributed by atoms with Crippen molar-refractivity contribution in [2.45, 2.75) is 36.3 Å². The van der Waals surface area contributed by atoms with E-state index >= 15 is 0 Å². The Morgan fingerprint density at radius 2 is 2.00 bits per heavy atom. The summed E-state index contributed by atoms with van der Waals surface area (Å²) in [5.74, 6) is 0.618. The van der Waals surface area contributed by atoms with Crippen molar-refractivity contribution in [1.82, 2.24) is 0 Å². The number of carbonyl (C=O) groups excluding carboxylic acids is 1. The minimum absolute atomic E-state index is 0.190. The van der Waals surface area contributed by atoms with Gasteiger partial charge in [0.2, 0.25) is 0 Å². The van der Waals surface area contributed by atoms with Gasteiger partial charge in [-0.05, 0) is 18.4 Å². The lowest BCUT2D eigenvalue weighted by atomic mass is 9.83. The standard InChI is InChI=1S/C12H14O.C2H3BBrO2/c13-12-9-5-4-8-11(12)10-6-2-1-3-7-10;4-2-1-5-6-3-2/h1-3,6-7,11H,4-5,8-9H2;2H,1H2. The minimum Gasteiger partial charge on any atom is -0.310 e. The van der Waals surface area contributed by atoms with E-state index in [1.807, 2.05) is 18.2 Å². The molecule has 0 amide bonds. The summed E-state index contributed by atoms with van der Waals surface area (Å²) in [5, 5.41) is 0. The van der Waals surface area contributed by atoms with E-state index in [4.69, 9.17) is 0 Å². The highest BCUT2D eigenvalue weighted by molar-refractivity contribution is 9.10. The van der Waals surface area contributed by atoms with Crippen molar-refractivity contribution in [3.8, 4) is 0 Å². The van der Waals surface area contributed by atoms with Crippen molar-refractivity contribution in [1.29, 1.82) is 0 Å². The molecule has 1 radical (unpaired) electrons. The molecule has 19 heavy (non-hydrogen) atoms. The van der Waals surface area contributed by atoms with E-state index in [-0.39, 0.29) is 10.6 Å². The molecule has 2 atom stereocenters. The molecule has 0 spiro atoms. The molecule has 0 N–H and O–H groups in total. The molecule has 1 saturated heterocycles. The summed E-state index contributed by atoms with van der Waals surface area (Å²) in [6, 6.07) is 10.1. The number of rotatable bonds is 1. The molecular weight excluding hydrogens is 307 g/mol. The maximum absolute atomic E-state index is 11.6. The van der Waals surface area contributed by atoms with Crippen molar-refractivity contribution in [3.05, 3.63) is 35.9 Å². The van der Waals surface area contributed by atoms with Crippen LogP contribution in [-0.4, -0.2) is 24.6 Å². The second kappa shape index (κ2) is 7.83. The summed E-state index contributed by atoms with van der Waals surface area (Å²) < 4.78 is 0.289. The summed E-state index contributed by atoms with van der Waals surface area (Å²) in [7, 11) is 1.60. The summed E-state index contributed by atoms with van der Waals surface area (Å²) in [4.78, 5) is 20.4. The summed E-state index contributed by atoms with van der Waals surface area (Å²) >= 11 is 3.23. The molecular formula is C14H17BBrO3. The normalized spacial score (nSPS) is 26.3. The SMILES string of the molecule is BrC1[B]OOC1.O=C1CCCCC1c1ccccc1. The number of benzene rings is 1. The van der Waals surface area contributed by atoms with Crippen LogP contribution in [0.25, 0.3) is 0 Å². The van der Waals surface area contributed by atoms with Crippen LogP contribution >= 0.6 is 15.9 Å². The second-order valence-corrected chi connectivity index (χ2v) is 5.88. The first-order chi connectivity index (χ1) is 9.27. The molecule has 2 fully saturated rings. The lowest BCUT2D eigenvalue weighted by Gasteiger charge is -2.20. The third-order valence-corrected chi connectivity index (χ3v) is 3.74. The van der Waals surface area contributed by atoms with Gasteiger partial charge in [-0.1, -0.05) is 52.7 Å². The lowest BCUT2D eigenvalue weighted by Crippen LogP contribution is -2.16. The van der Waals surface area contributed by atoms with E-state index in [0.29, 0.717) is 12.4 Å². The molecule has 1 aromatic rings.